The van der Waals surface area contributed by atoms with Crippen LogP contribution in [0.4, 0.5) is 0 Å². The molecule has 1 saturated carbocycles. The third kappa shape index (κ3) is 2.74. The lowest BCUT2D eigenvalue weighted by Crippen LogP contribution is -2.63. The van der Waals surface area contributed by atoms with E-state index in [2.05, 4.69) is 5.32 Å². The molecule has 4 nitrogen and oxygen atoms in total. The van der Waals surface area contributed by atoms with Gasteiger partial charge in [0.1, 0.15) is 0 Å². The predicted molar refractivity (Wildman–Crippen MR) is 63.4 cm³/mol. The highest BCUT2D eigenvalue weighted by Gasteiger charge is 2.43. The molecule has 0 radical (unpaired) electrons. The second-order valence-electron chi connectivity index (χ2n) is 4.99. The predicted octanol–water partition coefficient (Wildman–Crippen LogP) is 0.651. The summed E-state index contributed by atoms with van der Waals surface area (Å²) >= 11 is 0. The van der Waals surface area contributed by atoms with E-state index >= 15 is 0 Å². The minimum Gasteiger partial charge on any atom is -0.378 e. The molecule has 1 unspecified atom stereocenters. The minimum absolute atomic E-state index is 0.117. The average Bonchev–Trinajstić information content (AvgIpc) is 2.74. The van der Waals surface area contributed by atoms with Crippen LogP contribution in [-0.2, 0) is 9.47 Å². The molecule has 1 aliphatic carbocycles. The van der Waals surface area contributed by atoms with E-state index in [-0.39, 0.29) is 5.54 Å². The summed E-state index contributed by atoms with van der Waals surface area (Å²) in [4.78, 5) is 0. The molecule has 2 fully saturated rings. The van der Waals surface area contributed by atoms with E-state index in [9.17, 15) is 0 Å². The van der Waals surface area contributed by atoms with Gasteiger partial charge in [-0.05, 0) is 32.6 Å². The van der Waals surface area contributed by atoms with Gasteiger partial charge in [-0.2, -0.15) is 0 Å². The smallest absolute Gasteiger partial charge is 0.0700 e. The molecule has 0 aromatic heterocycles. The Kier molecular flexibility index (Phi) is 4.19. The largest absolute Gasteiger partial charge is 0.378 e. The number of rotatable bonds is 6. The van der Waals surface area contributed by atoms with Gasteiger partial charge in [0.2, 0.25) is 0 Å². The molecule has 0 spiro atoms. The first-order valence-corrected chi connectivity index (χ1v) is 6.46. The van der Waals surface area contributed by atoms with Crippen LogP contribution in [0.15, 0.2) is 0 Å². The molecule has 0 amide bonds. The summed E-state index contributed by atoms with van der Waals surface area (Å²) < 4.78 is 11.2. The molecular formula is C12H24N2O2. The van der Waals surface area contributed by atoms with Crippen molar-refractivity contribution in [1.82, 2.24) is 5.32 Å². The van der Waals surface area contributed by atoms with Crippen LogP contribution in [-0.4, -0.2) is 44.1 Å². The van der Waals surface area contributed by atoms with Crippen molar-refractivity contribution in [3.8, 4) is 0 Å². The van der Waals surface area contributed by atoms with Crippen molar-refractivity contribution in [2.24, 2.45) is 5.73 Å². The molecule has 1 aliphatic heterocycles. The van der Waals surface area contributed by atoms with Crippen LogP contribution in [0, 0.1) is 0 Å². The summed E-state index contributed by atoms with van der Waals surface area (Å²) in [6, 6.07) is 0. The first-order valence-electron chi connectivity index (χ1n) is 6.46. The zero-order valence-corrected chi connectivity index (χ0v) is 10.2. The molecular weight excluding hydrogens is 204 g/mol. The summed E-state index contributed by atoms with van der Waals surface area (Å²) in [5.41, 5.74) is 5.97. The summed E-state index contributed by atoms with van der Waals surface area (Å²) in [5, 5.41) is 3.58. The molecule has 0 bridgehead atoms. The van der Waals surface area contributed by atoms with Gasteiger partial charge in [0.15, 0.2) is 0 Å². The minimum atomic E-state index is 0.117. The Balaban J connectivity index is 1.70. The van der Waals surface area contributed by atoms with E-state index in [0.29, 0.717) is 18.8 Å². The van der Waals surface area contributed by atoms with E-state index < -0.39 is 0 Å². The third-order valence-corrected chi connectivity index (χ3v) is 3.76. The number of hydrogen-bond donors (Lipinski definition) is 2. The summed E-state index contributed by atoms with van der Waals surface area (Å²) in [6.45, 7) is 5.40. The lowest BCUT2D eigenvalue weighted by Gasteiger charge is -2.47. The van der Waals surface area contributed by atoms with Crippen molar-refractivity contribution in [2.45, 2.75) is 50.4 Å². The molecule has 94 valence electrons. The molecule has 0 aromatic carbocycles. The highest BCUT2D eigenvalue weighted by Crippen LogP contribution is 2.34. The van der Waals surface area contributed by atoms with Crippen molar-refractivity contribution in [3.63, 3.8) is 0 Å². The van der Waals surface area contributed by atoms with E-state index in [1.54, 1.807) is 0 Å². The fraction of sp³-hybridized carbons (Fsp3) is 1.00. The molecule has 1 saturated heterocycles. The molecule has 2 aliphatic rings. The van der Waals surface area contributed by atoms with E-state index in [0.717, 1.165) is 32.6 Å². The van der Waals surface area contributed by atoms with E-state index in [1.807, 2.05) is 6.92 Å². The molecule has 16 heavy (non-hydrogen) atoms. The molecule has 1 heterocycles. The number of nitrogens with two attached hydrogens (primary N) is 1. The Labute approximate surface area is 97.9 Å². The van der Waals surface area contributed by atoms with Gasteiger partial charge in [-0.1, -0.05) is 0 Å². The van der Waals surface area contributed by atoms with Gasteiger partial charge < -0.3 is 20.5 Å². The molecule has 4 heteroatoms. The Morgan fingerprint density at radius 1 is 1.50 bits per heavy atom. The van der Waals surface area contributed by atoms with Gasteiger partial charge in [0, 0.05) is 31.8 Å². The number of nitrogens with one attached hydrogen (secondary N) is 1. The summed E-state index contributed by atoms with van der Waals surface area (Å²) in [5.74, 6) is 0. The maximum atomic E-state index is 5.85. The van der Waals surface area contributed by atoms with Gasteiger partial charge in [0.05, 0.1) is 12.2 Å². The first-order chi connectivity index (χ1) is 7.78. The standard InChI is InChI=1S/C12H24N2O2/c1-2-15-11-6-12(7-11,9-13)14-8-10-4-3-5-16-10/h10-11,14H,2-9,13H2,1H3. The van der Waals surface area contributed by atoms with Gasteiger partial charge >= 0.3 is 0 Å². The van der Waals surface area contributed by atoms with Crippen LogP contribution in [0.5, 0.6) is 0 Å². The van der Waals surface area contributed by atoms with Crippen molar-refractivity contribution in [1.29, 1.82) is 0 Å². The fourth-order valence-corrected chi connectivity index (χ4v) is 2.68. The van der Waals surface area contributed by atoms with Crippen molar-refractivity contribution >= 4 is 0 Å². The molecule has 2 rings (SSSR count). The number of ether oxygens (including phenoxy) is 2. The van der Waals surface area contributed by atoms with Crippen LogP contribution in [0.2, 0.25) is 0 Å². The maximum absolute atomic E-state index is 5.85. The highest BCUT2D eigenvalue weighted by molar-refractivity contribution is 5.03. The summed E-state index contributed by atoms with van der Waals surface area (Å²) in [6.07, 6.45) is 5.28. The van der Waals surface area contributed by atoms with Crippen LogP contribution < -0.4 is 11.1 Å². The molecule has 1 atom stereocenters. The van der Waals surface area contributed by atoms with Gasteiger partial charge in [-0.3, -0.25) is 0 Å². The highest BCUT2D eigenvalue weighted by atomic mass is 16.5. The first kappa shape index (κ1) is 12.3. The van der Waals surface area contributed by atoms with Crippen molar-refractivity contribution < 1.29 is 9.47 Å². The molecule has 0 aromatic rings. The van der Waals surface area contributed by atoms with Gasteiger partial charge in [-0.25, -0.2) is 0 Å². The average molecular weight is 228 g/mol. The normalized spacial score (nSPS) is 38.6. The third-order valence-electron chi connectivity index (χ3n) is 3.76. The summed E-state index contributed by atoms with van der Waals surface area (Å²) in [7, 11) is 0. The van der Waals surface area contributed by atoms with E-state index in [4.69, 9.17) is 15.2 Å². The second-order valence-corrected chi connectivity index (χ2v) is 4.99. The number of hydrogen-bond acceptors (Lipinski definition) is 4. The lowest BCUT2D eigenvalue weighted by molar-refractivity contribution is -0.0511. The molecule has 3 N–H and O–H groups in total. The lowest BCUT2D eigenvalue weighted by atomic mass is 9.74. The monoisotopic (exact) mass is 228 g/mol. The van der Waals surface area contributed by atoms with Crippen LogP contribution in [0.3, 0.4) is 0 Å². The quantitative estimate of drug-likeness (QED) is 0.701. The Morgan fingerprint density at radius 3 is 2.88 bits per heavy atom. The van der Waals surface area contributed by atoms with E-state index in [1.165, 1.54) is 12.8 Å². The Hall–Kier alpha value is -0.160. The van der Waals surface area contributed by atoms with Gasteiger partial charge in [-0.15, -0.1) is 0 Å². The van der Waals surface area contributed by atoms with Crippen molar-refractivity contribution in [3.05, 3.63) is 0 Å². The van der Waals surface area contributed by atoms with Crippen molar-refractivity contribution in [2.75, 3.05) is 26.3 Å². The van der Waals surface area contributed by atoms with Crippen LogP contribution >= 0.6 is 0 Å². The fourth-order valence-electron chi connectivity index (χ4n) is 2.68. The topological polar surface area (TPSA) is 56.5 Å². The zero-order valence-electron chi connectivity index (χ0n) is 10.2. The second kappa shape index (κ2) is 5.45. The Morgan fingerprint density at radius 2 is 2.31 bits per heavy atom. The SMILES string of the molecule is CCOC1CC(CN)(NCC2CCCO2)C1. The maximum Gasteiger partial charge on any atom is 0.0700 e. The van der Waals surface area contributed by atoms with Crippen LogP contribution in [0.1, 0.15) is 32.6 Å². The van der Waals surface area contributed by atoms with Gasteiger partial charge in [0.25, 0.3) is 0 Å². The Bertz CT molecular complexity index is 211. The zero-order chi connectivity index (χ0) is 11.4. The van der Waals surface area contributed by atoms with Crippen LogP contribution in [0.25, 0.3) is 0 Å².